The molecule has 1 heteroatoms. The highest BCUT2D eigenvalue weighted by Crippen LogP contribution is 2.36. The summed E-state index contributed by atoms with van der Waals surface area (Å²) in [7, 11) is 2.15. The van der Waals surface area contributed by atoms with E-state index in [0.717, 1.165) is 6.42 Å². The van der Waals surface area contributed by atoms with Gasteiger partial charge >= 0.3 is 0 Å². The van der Waals surface area contributed by atoms with Crippen molar-refractivity contribution < 1.29 is 0 Å². The third-order valence-corrected chi connectivity index (χ3v) is 3.61. The standard InChI is InChI=1S/C18H29N/c1-8-10-19(7)18-16(13(3)4)11-15(9-2)12-17(18)14(5)6/h8,10-14H,9H2,1-7H3. The van der Waals surface area contributed by atoms with Gasteiger partial charge in [-0.15, -0.1) is 0 Å². The quantitative estimate of drug-likeness (QED) is 0.678. The van der Waals surface area contributed by atoms with E-state index in [-0.39, 0.29) is 0 Å². The summed E-state index contributed by atoms with van der Waals surface area (Å²) in [6.45, 7) is 13.4. The van der Waals surface area contributed by atoms with Gasteiger partial charge in [-0.25, -0.2) is 0 Å². The first-order valence-electron chi connectivity index (χ1n) is 7.44. The van der Waals surface area contributed by atoms with E-state index in [1.807, 2.05) is 0 Å². The van der Waals surface area contributed by atoms with Crippen molar-refractivity contribution >= 4 is 5.69 Å². The molecule has 19 heavy (non-hydrogen) atoms. The van der Waals surface area contributed by atoms with Crippen molar-refractivity contribution in [3.05, 3.63) is 41.1 Å². The van der Waals surface area contributed by atoms with Gasteiger partial charge in [0, 0.05) is 12.7 Å². The zero-order valence-electron chi connectivity index (χ0n) is 13.6. The van der Waals surface area contributed by atoms with Crippen molar-refractivity contribution in [3.8, 4) is 0 Å². The maximum Gasteiger partial charge on any atom is 0.0473 e. The Morgan fingerprint density at radius 2 is 1.53 bits per heavy atom. The van der Waals surface area contributed by atoms with E-state index in [1.54, 1.807) is 0 Å². The Hall–Kier alpha value is -1.24. The van der Waals surface area contributed by atoms with Gasteiger partial charge in [-0.3, -0.25) is 0 Å². The Bertz CT molecular complexity index is 412. The molecule has 0 aliphatic rings. The predicted octanol–water partition coefficient (Wildman–Crippen LogP) is 5.47. The van der Waals surface area contributed by atoms with Gasteiger partial charge in [-0.2, -0.15) is 0 Å². The van der Waals surface area contributed by atoms with Gasteiger partial charge in [0.1, 0.15) is 0 Å². The van der Waals surface area contributed by atoms with E-state index < -0.39 is 0 Å². The highest BCUT2D eigenvalue weighted by molar-refractivity contribution is 5.64. The fourth-order valence-corrected chi connectivity index (χ4v) is 2.53. The number of allylic oxidation sites excluding steroid dienone is 1. The van der Waals surface area contributed by atoms with E-state index in [0.29, 0.717) is 11.8 Å². The number of rotatable bonds is 5. The van der Waals surface area contributed by atoms with Crippen LogP contribution in [0.15, 0.2) is 24.4 Å². The van der Waals surface area contributed by atoms with Gasteiger partial charge in [0.05, 0.1) is 0 Å². The molecule has 0 N–H and O–H groups in total. The summed E-state index contributed by atoms with van der Waals surface area (Å²) in [6.07, 6.45) is 5.35. The molecule has 1 rings (SSSR count). The van der Waals surface area contributed by atoms with Crippen LogP contribution in [0.4, 0.5) is 5.69 Å². The SMILES string of the molecule is CC=CN(C)c1c(C(C)C)cc(CC)cc1C(C)C. The average Bonchev–Trinajstić information content (AvgIpc) is 2.37. The highest BCUT2D eigenvalue weighted by atomic mass is 15.1. The van der Waals surface area contributed by atoms with Crippen LogP contribution in [-0.2, 0) is 6.42 Å². The van der Waals surface area contributed by atoms with Crippen molar-refractivity contribution in [3.63, 3.8) is 0 Å². The predicted molar refractivity (Wildman–Crippen MR) is 87.2 cm³/mol. The van der Waals surface area contributed by atoms with Crippen molar-refractivity contribution in [2.24, 2.45) is 0 Å². The molecule has 0 aliphatic carbocycles. The Kier molecular flexibility index (Phi) is 5.65. The molecule has 0 amide bonds. The zero-order chi connectivity index (χ0) is 14.6. The summed E-state index contributed by atoms with van der Waals surface area (Å²) in [5, 5.41) is 0. The maximum atomic E-state index is 2.38. The fourth-order valence-electron chi connectivity index (χ4n) is 2.53. The lowest BCUT2D eigenvalue weighted by atomic mass is 9.89. The van der Waals surface area contributed by atoms with Crippen molar-refractivity contribution in [1.82, 2.24) is 0 Å². The lowest BCUT2D eigenvalue weighted by Crippen LogP contribution is -2.15. The number of benzene rings is 1. The van der Waals surface area contributed by atoms with E-state index in [4.69, 9.17) is 0 Å². The topological polar surface area (TPSA) is 3.24 Å². The number of aryl methyl sites for hydroxylation is 1. The minimum absolute atomic E-state index is 0.548. The molecule has 0 heterocycles. The third-order valence-electron chi connectivity index (χ3n) is 3.61. The zero-order valence-corrected chi connectivity index (χ0v) is 13.6. The average molecular weight is 259 g/mol. The minimum atomic E-state index is 0.548. The van der Waals surface area contributed by atoms with Crippen LogP contribution in [0.2, 0.25) is 0 Å². The van der Waals surface area contributed by atoms with Crippen molar-refractivity contribution in [2.75, 3.05) is 11.9 Å². The monoisotopic (exact) mass is 259 g/mol. The van der Waals surface area contributed by atoms with Crippen molar-refractivity contribution in [2.45, 2.75) is 59.8 Å². The molecule has 0 aliphatic heterocycles. The van der Waals surface area contributed by atoms with Gasteiger partial charge in [-0.05, 0) is 48.1 Å². The molecule has 0 atom stereocenters. The molecular weight excluding hydrogens is 230 g/mol. The molecule has 0 spiro atoms. The van der Waals surface area contributed by atoms with Crippen LogP contribution in [0, 0.1) is 0 Å². The van der Waals surface area contributed by atoms with Crippen LogP contribution in [0.5, 0.6) is 0 Å². The summed E-state index contributed by atoms with van der Waals surface area (Å²) >= 11 is 0. The Labute approximate surface area is 119 Å². The highest BCUT2D eigenvalue weighted by Gasteiger charge is 2.17. The van der Waals surface area contributed by atoms with Crippen LogP contribution in [0.3, 0.4) is 0 Å². The molecular formula is C18H29N. The summed E-state index contributed by atoms with van der Waals surface area (Å²) < 4.78 is 0. The Balaban J connectivity index is 3.53. The largest absolute Gasteiger partial charge is 0.351 e. The van der Waals surface area contributed by atoms with Gasteiger partial charge in [0.25, 0.3) is 0 Å². The normalized spacial score (nSPS) is 11.8. The molecule has 0 saturated carbocycles. The van der Waals surface area contributed by atoms with Crippen LogP contribution >= 0.6 is 0 Å². The lowest BCUT2D eigenvalue weighted by molar-refractivity contribution is 0.820. The molecule has 1 nitrogen and oxygen atoms in total. The number of nitrogens with zero attached hydrogens (tertiary/aromatic N) is 1. The second kappa shape index (κ2) is 6.79. The molecule has 106 valence electrons. The van der Waals surface area contributed by atoms with E-state index in [9.17, 15) is 0 Å². The molecule has 1 aromatic rings. The van der Waals surface area contributed by atoms with Gasteiger partial charge < -0.3 is 4.90 Å². The molecule has 0 saturated heterocycles. The fraction of sp³-hybridized carbons (Fsp3) is 0.556. The molecule has 0 bridgehead atoms. The third kappa shape index (κ3) is 3.62. The minimum Gasteiger partial charge on any atom is -0.351 e. The van der Waals surface area contributed by atoms with Gasteiger partial charge in [0.2, 0.25) is 0 Å². The second-order valence-electron chi connectivity index (χ2n) is 5.88. The molecule has 1 aromatic carbocycles. The molecule has 0 unspecified atom stereocenters. The first-order valence-corrected chi connectivity index (χ1v) is 7.44. The summed E-state index contributed by atoms with van der Waals surface area (Å²) in [6, 6.07) is 4.76. The molecule has 0 aromatic heterocycles. The Morgan fingerprint density at radius 3 is 1.84 bits per heavy atom. The van der Waals surface area contributed by atoms with Crippen LogP contribution in [0.1, 0.15) is 70.1 Å². The first-order chi connectivity index (χ1) is 8.92. The van der Waals surface area contributed by atoms with Crippen LogP contribution in [-0.4, -0.2) is 7.05 Å². The van der Waals surface area contributed by atoms with Crippen LogP contribution < -0.4 is 4.90 Å². The Morgan fingerprint density at radius 1 is 1.05 bits per heavy atom. The number of hydrogen-bond acceptors (Lipinski definition) is 1. The number of anilines is 1. The first kappa shape index (κ1) is 15.8. The van der Waals surface area contributed by atoms with E-state index >= 15 is 0 Å². The molecule has 0 radical (unpaired) electrons. The lowest BCUT2D eigenvalue weighted by Gasteiger charge is -2.27. The summed E-state index contributed by atoms with van der Waals surface area (Å²) in [4.78, 5) is 2.27. The van der Waals surface area contributed by atoms with E-state index in [2.05, 4.69) is 77.9 Å². The van der Waals surface area contributed by atoms with Gasteiger partial charge in [-0.1, -0.05) is 52.8 Å². The smallest absolute Gasteiger partial charge is 0.0473 e. The second-order valence-corrected chi connectivity index (χ2v) is 5.88. The summed E-state index contributed by atoms with van der Waals surface area (Å²) in [5.41, 5.74) is 5.76. The number of hydrogen-bond donors (Lipinski definition) is 0. The van der Waals surface area contributed by atoms with E-state index in [1.165, 1.54) is 22.4 Å². The van der Waals surface area contributed by atoms with Gasteiger partial charge in [0.15, 0.2) is 0 Å². The summed E-state index contributed by atoms with van der Waals surface area (Å²) in [5.74, 6) is 1.10. The van der Waals surface area contributed by atoms with Crippen molar-refractivity contribution in [1.29, 1.82) is 0 Å². The van der Waals surface area contributed by atoms with Crippen LogP contribution in [0.25, 0.3) is 0 Å². The maximum absolute atomic E-state index is 2.38. The molecule has 0 fully saturated rings.